The predicted molar refractivity (Wildman–Crippen MR) is 115 cm³/mol. The highest BCUT2D eigenvalue weighted by Gasteiger charge is 2.27. The monoisotopic (exact) mass is 407 g/mol. The Hall–Kier alpha value is -2.92. The minimum Gasteiger partial charge on any atom is -0.481 e. The molecule has 5 nitrogen and oxygen atoms in total. The van der Waals surface area contributed by atoms with E-state index in [-0.39, 0.29) is 12.0 Å². The minimum atomic E-state index is -0.730. The summed E-state index contributed by atoms with van der Waals surface area (Å²) in [4.78, 5) is 20.3. The lowest BCUT2D eigenvalue weighted by Crippen LogP contribution is -2.31. The van der Waals surface area contributed by atoms with Crippen LogP contribution in [0.4, 0.5) is 5.95 Å². The normalized spacial score (nSPS) is 18.9. The van der Waals surface area contributed by atoms with Crippen LogP contribution in [-0.2, 0) is 4.79 Å². The molecule has 1 aromatic heterocycles. The van der Waals surface area contributed by atoms with Gasteiger partial charge in [-0.25, -0.2) is 9.97 Å². The second kappa shape index (κ2) is 8.62. The topological polar surface area (TPSA) is 75.1 Å². The third kappa shape index (κ3) is 4.57. The lowest BCUT2D eigenvalue weighted by Gasteiger charge is -2.27. The molecule has 29 heavy (non-hydrogen) atoms. The Morgan fingerprint density at radius 2 is 1.79 bits per heavy atom. The summed E-state index contributed by atoms with van der Waals surface area (Å²) >= 11 is 6.41. The predicted octanol–water partition coefficient (Wildman–Crippen LogP) is 5.52. The Bertz CT molecular complexity index is 1010. The summed E-state index contributed by atoms with van der Waals surface area (Å²) in [6.45, 7) is 0. The Morgan fingerprint density at radius 1 is 1.03 bits per heavy atom. The SMILES string of the molecule is O=C(O)[C@H]1CCC[C@@H](Nc2ncc(Cl)c(-c3cccc(-c4ccccc4)c3)n2)C1. The van der Waals surface area contributed by atoms with E-state index in [1.54, 1.807) is 6.20 Å². The lowest BCUT2D eigenvalue weighted by atomic mass is 9.86. The number of aliphatic carboxylic acids is 1. The van der Waals surface area contributed by atoms with Crippen LogP contribution in [0.2, 0.25) is 5.02 Å². The quantitative estimate of drug-likeness (QED) is 0.582. The number of hydrogen-bond donors (Lipinski definition) is 2. The van der Waals surface area contributed by atoms with Crippen LogP contribution < -0.4 is 5.32 Å². The first-order valence-electron chi connectivity index (χ1n) is 9.78. The molecule has 1 aliphatic rings. The number of aromatic nitrogens is 2. The summed E-state index contributed by atoms with van der Waals surface area (Å²) in [5, 5.41) is 13.1. The first-order valence-corrected chi connectivity index (χ1v) is 10.2. The number of carboxylic acids is 1. The van der Waals surface area contributed by atoms with Gasteiger partial charge in [-0.2, -0.15) is 0 Å². The highest BCUT2D eigenvalue weighted by Crippen LogP contribution is 2.31. The van der Waals surface area contributed by atoms with E-state index in [0.717, 1.165) is 36.0 Å². The average molecular weight is 408 g/mol. The van der Waals surface area contributed by atoms with Gasteiger partial charge in [-0.05, 0) is 36.5 Å². The Labute approximate surface area is 174 Å². The number of nitrogens with zero attached hydrogens (tertiary/aromatic N) is 2. The molecule has 0 amide bonds. The fraction of sp³-hybridized carbons (Fsp3) is 0.261. The van der Waals surface area contributed by atoms with Crippen molar-refractivity contribution in [3.8, 4) is 22.4 Å². The van der Waals surface area contributed by atoms with E-state index >= 15 is 0 Å². The number of benzene rings is 2. The van der Waals surface area contributed by atoms with Crippen LogP contribution in [0.3, 0.4) is 0 Å². The molecule has 3 aromatic rings. The van der Waals surface area contributed by atoms with E-state index < -0.39 is 5.97 Å². The number of carboxylic acid groups (broad SMARTS) is 1. The molecule has 1 saturated carbocycles. The number of halogens is 1. The molecule has 4 rings (SSSR count). The summed E-state index contributed by atoms with van der Waals surface area (Å²) in [6, 6.07) is 18.3. The van der Waals surface area contributed by atoms with Crippen molar-refractivity contribution in [1.29, 1.82) is 0 Å². The second-order valence-electron chi connectivity index (χ2n) is 7.38. The molecular formula is C23H22ClN3O2. The molecule has 6 heteroatoms. The van der Waals surface area contributed by atoms with E-state index in [0.29, 0.717) is 23.1 Å². The molecule has 2 aromatic carbocycles. The molecular weight excluding hydrogens is 386 g/mol. The Kier molecular flexibility index (Phi) is 5.76. The van der Waals surface area contributed by atoms with Crippen molar-refractivity contribution in [2.24, 2.45) is 5.92 Å². The van der Waals surface area contributed by atoms with Crippen LogP contribution in [0.15, 0.2) is 60.8 Å². The van der Waals surface area contributed by atoms with E-state index in [1.807, 2.05) is 30.3 Å². The molecule has 2 N–H and O–H groups in total. The molecule has 0 saturated heterocycles. The zero-order valence-corrected chi connectivity index (χ0v) is 16.6. The number of anilines is 1. The average Bonchev–Trinajstić information content (AvgIpc) is 2.76. The van der Waals surface area contributed by atoms with Crippen LogP contribution in [-0.4, -0.2) is 27.1 Å². The molecule has 2 atom stereocenters. The van der Waals surface area contributed by atoms with Gasteiger partial charge in [0.2, 0.25) is 5.95 Å². The molecule has 148 valence electrons. The maximum atomic E-state index is 11.3. The van der Waals surface area contributed by atoms with Gasteiger partial charge in [-0.3, -0.25) is 4.79 Å². The highest BCUT2D eigenvalue weighted by molar-refractivity contribution is 6.32. The van der Waals surface area contributed by atoms with Crippen LogP contribution in [0, 0.1) is 5.92 Å². The van der Waals surface area contributed by atoms with Gasteiger partial charge in [0.15, 0.2) is 0 Å². The zero-order chi connectivity index (χ0) is 20.2. The van der Waals surface area contributed by atoms with Gasteiger partial charge in [0.25, 0.3) is 0 Å². The van der Waals surface area contributed by atoms with Gasteiger partial charge in [0, 0.05) is 11.6 Å². The van der Waals surface area contributed by atoms with Gasteiger partial charge < -0.3 is 10.4 Å². The zero-order valence-electron chi connectivity index (χ0n) is 15.9. The van der Waals surface area contributed by atoms with Gasteiger partial charge >= 0.3 is 5.97 Å². The molecule has 1 fully saturated rings. The fourth-order valence-corrected chi connectivity index (χ4v) is 4.04. The standard InChI is InChI=1S/C23H22ClN3O2/c24-20-14-25-23(26-19-11-5-10-18(13-19)22(28)29)27-21(20)17-9-4-8-16(12-17)15-6-2-1-3-7-15/h1-4,6-9,12,14,18-19H,5,10-11,13H2,(H,28,29)(H,25,26,27)/t18-,19+/m0/s1. The Balaban J connectivity index is 1.58. The van der Waals surface area contributed by atoms with Gasteiger partial charge in [0.05, 0.1) is 22.8 Å². The third-order valence-electron chi connectivity index (χ3n) is 5.34. The van der Waals surface area contributed by atoms with Crippen LogP contribution >= 0.6 is 11.6 Å². The maximum absolute atomic E-state index is 11.3. The summed E-state index contributed by atoms with van der Waals surface area (Å²) in [6.07, 6.45) is 4.70. The van der Waals surface area contributed by atoms with Crippen molar-refractivity contribution in [3.05, 3.63) is 65.8 Å². The molecule has 0 spiro atoms. The number of hydrogen-bond acceptors (Lipinski definition) is 4. The number of rotatable bonds is 5. The second-order valence-corrected chi connectivity index (χ2v) is 7.79. The van der Waals surface area contributed by atoms with Crippen molar-refractivity contribution in [2.75, 3.05) is 5.32 Å². The van der Waals surface area contributed by atoms with Crippen molar-refractivity contribution < 1.29 is 9.90 Å². The van der Waals surface area contributed by atoms with Crippen molar-refractivity contribution in [1.82, 2.24) is 9.97 Å². The summed E-state index contributed by atoms with van der Waals surface area (Å²) in [5.74, 6) is -0.562. The van der Waals surface area contributed by atoms with Gasteiger partial charge in [-0.15, -0.1) is 0 Å². The van der Waals surface area contributed by atoms with Gasteiger partial charge in [-0.1, -0.05) is 66.6 Å². The van der Waals surface area contributed by atoms with E-state index in [9.17, 15) is 9.90 Å². The van der Waals surface area contributed by atoms with Crippen molar-refractivity contribution in [3.63, 3.8) is 0 Å². The number of nitrogens with one attached hydrogen (secondary N) is 1. The molecule has 1 aliphatic carbocycles. The number of carbonyl (C=O) groups is 1. The molecule has 0 radical (unpaired) electrons. The molecule has 0 unspecified atom stereocenters. The fourth-order valence-electron chi connectivity index (χ4n) is 3.84. The largest absolute Gasteiger partial charge is 0.481 e. The minimum absolute atomic E-state index is 0.0505. The molecule has 0 bridgehead atoms. The Morgan fingerprint density at radius 3 is 2.59 bits per heavy atom. The van der Waals surface area contributed by atoms with Crippen LogP contribution in [0.5, 0.6) is 0 Å². The van der Waals surface area contributed by atoms with E-state index in [1.165, 1.54) is 0 Å². The molecule has 0 aliphatic heterocycles. The smallest absolute Gasteiger partial charge is 0.306 e. The third-order valence-corrected chi connectivity index (χ3v) is 5.62. The van der Waals surface area contributed by atoms with Crippen molar-refractivity contribution in [2.45, 2.75) is 31.7 Å². The first kappa shape index (κ1) is 19.4. The summed E-state index contributed by atoms with van der Waals surface area (Å²) in [7, 11) is 0. The highest BCUT2D eigenvalue weighted by atomic mass is 35.5. The van der Waals surface area contributed by atoms with Crippen LogP contribution in [0.25, 0.3) is 22.4 Å². The summed E-state index contributed by atoms with van der Waals surface area (Å²) < 4.78 is 0. The first-order chi connectivity index (χ1) is 14.1. The van der Waals surface area contributed by atoms with Crippen molar-refractivity contribution >= 4 is 23.5 Å². The van der Waals surface area contributed by atoms with Crippen LogP contribution in [0.1, 0.15) is 25.7 Å². The molecule has 1 heterocycles. The van der Waals surface area contributed by atoms with E-state index in [2.05, 4.69) is 39.6 Å². The maximum Gasteiger partial charge on any atom is 0.306 e. The van der Waals surface area contributed by atoms with Gasteiger partial charge in [0.1, 0.15) is 0 Å². The summed E-state index contributed by atoms with van der Waals surface area (Å²) in [5.41, 5.74) is 3.78. The lowest BCUT2D eigenvalue weighted by molar-refractivity contribution is -0.142. The van der Waals surface area contributed by atoms with E-state index in [4.69, 9.17) is 11.6 Å².